The van der Waals surface area contributed by atoms with E-state index in [1.54, 1.807) is 23.1 Å². The second-order valence-electron chi connectivity index (χ2n) is 11.8. The van der Waals surface area contributed by atoms with Gasteiger partial charge in [0.15, 0.2) is 0 Å². The zero-order valence-corrected chi connectivity index (χ0v) is 23.1. The van der Waals surface area contributed by atoms with E-state index in [-0.39, 0.29) is 28.4 Å². The van der Waals surface area contributed by atoms with Gasteiger partial charge in [0, 0.05) is 18.8 Å². The monoisotopic (exact) mass is 537 g/mol. The number of ether oxygens (including phenoxy) is 1. The fraction of sp³-hybridized carbons (Fsp3) is 0.500. The first kappa shape index (κ1) is 26.5. The highest BCUT2D eigenvalue weighted by Crippen LogP contribution is 2.54. The number of benzene rings is 2. The van der Waals surface area contributed by atoms with E-state index in [2.05, 4.69) is 23.1 Å². The molecule has 0 bridgehead atoms. The van der Waals surface area contributed by atoms with Gasteiger partial charge in [0.2, 0.25) is 5.91 Å². The molecule has 38 heavy (non-hydrogen) atoms. The van der Waals surface area contributed by atoms with Crippen LogP contribution in [0.25, 0.3) is 0 Å². The Morgan fingerprint density at radius 3 is 2.34 bits per heavy atom. The van der Waals surface area contributed by atoms with Crippen molar-refractivity contribution in [1.29, 1.82) is 0 Å². The fourth-order valence-electron chi connectivity index (χ4n) is 6.32. The van der Waals surface area contributed by atoms with Gasteiger partial charge in [-0.3, -0.25) is 19.3 Å². The van der Waals surface area contributed by atoms with Gasteiger partial charge in [0.05, 0.1) is 33.3 Å². The molecular weight excluding hydrogens is 502 g/mol. The molecule has 2 heterocycles. The van der Waals surface area contributed by atoms with Crippen molar-refractivity contribution in [3.8, 4) is 0 Å². The Bertz CT molecular complexity index is 1270. The van der Waals surface area contributed by atoms with E-state index in [4.69, 9.17) is 22.1 Å². The molecule has 5 rings (SSSR count). The first-order valence-corrected chi connectivity index (χ1v) is 13.9. The Morgan fingerprint density at radius 1 is 1.03 bits per heavy atom. The molecule has 0 radical (unpaired) electrons. The predicted molar refractivity (Wildman–Crippen MR) is 149 cm³/mol. The molecule has 1 spiro atoms. The largest absolute Gasteiger partial charge is 0.460 e. The van der Waals surface area contributed by atoms with E-state index >= 15 is 0 Å². The smallest absolute Gasteiger partial charge is 0.309 e. The summed E-state index contributed by atoms with van der Waals surface area (Å²) in [4.78, 5) is 43.2. The summed E-state index contributed by atoms with van der Waals surface area (Å²) in [6.45, 7) is 7.10. The molecular formula is C30H36ClN3O4. The molecule has 8 heteroatoms. The number of rotatable bonds is 4. The summed E-state index contributed by atoms with van der Waals surface area (Å²) in [5, 5.41) is 0.231. The molecule has 2 aliphatic heterocycles. The topological polar surface area (TPSA) is 92.9 Å². The lowest BCUT2D eigenvalue weighted by atomic mass is 9.70. The van der Waals surface area contributed by atoms with Crippen LogP contribution in [0.15, 0.2) is 36.4 Å². The van der Waals surface area contributed by atoms with Crippen molar-refractivity contribution < 1.29 is 19.1 Å². The Hall–Kier alpha value is -3.06. The highest BCUT2D eigenvalue weighted by atomic mass is 35.5. The van der Waals surface area contributed by atoms with Crippen molar-refractivity contribution in [2.75, 3.05) is 22.9 Å². The van der Waals surface area contributed by atoms with E-state index in [0.717, 1.165) is 49.0 Å². The number of esters is 1. The van der Waals surface area contributed by atoms with E-state index in [0.29, 0.717) is 31.6 Å². The first-order chi connectivity index (χ1) is 18.0. The van der Waals surface area contributed by atoms with Gasteiger partial charge >= 0.3 is 5.97 Å². The maximum atomic E-state index is 14.2. The van der Waals surface area contributed by atoms with Gasteiger partial charge in [0.25, 0.3) is 5.91 Å². The molecule has 2 N–H and O–H groups in total. The van der Waals surface area contributed by atoms with Crippen LogP contribution in [0.4, 0.5) is 17.1 Å². The summed E-state index contributed by atoms with van der Waals surface area (Å²) < 4.78 is 5.61. The van der Waals surface area contributed by atoms with Gasteiger partial charge in [-0.15, -0.1) is 0 Å². The van der Waals surface area contributed by atoms with Gasteiger partial charge in [-0.25, -0.2) is 0 Å². The Labute approximate surface area is 229 Å². The van der Waals surface area contributed by atoms with Gasteiger partial charge in [0.1, 0.15) is 5.60 Å². The van der Waals surface area contributed by atoms with Crippen molar-refractivity contribution in [2.24, 2.45) is 11.7 Å². The van der Waals surface area contributed by atoms with E-state index in [1.807, 2.05) is 20.8 Å². The zero-order chi connectivity index (χ0) is 27.2. The van der Waals surface area contributed by atoms with Crippen LogP contribution in [0.2, 0.25) is 5.02 Å². The third kappa shape index (κ3) is 4.66. The highest BCUT2D eigenvalue weighted by molar-refractivity contribution is 6.35. The minimum atomic E-state index is -0.662. The average Bonchev–Trinajstić information content (AvgIpc) is 3.10. The normalized spacial score (nSPS) is 19.5. The molecule has 2 amide bonds. The number of carbonyl (C=O) groups excluding carboxylic acids is 3. The summed E-state index contributed by atoms with van der Waals surface area (Å²) in [5.41, 5.74) is 8.00. The van der Waals surface area contributed by atoms with Gasteiger partial charge < -0.3 is 15.4 Å². The van der Waals surface area contributed by atoms with Crippen LogP contribution < -0.4 is 15.5 Å². The molecule has 1 saturated carbocycles. The average molecular weight is 538 g/mol. The Morgan fingerprint density at radius 2 is 1.71 bits per heavy atom. The second kappa shape index (κ2) is 9.92. The van der Waals surface area contributed by atoms with Gasteiger partial charge in [-0.2, -0.15) is 0 Å². The number of carbonyl (C=O) groups is 3. The third-order valence-electron chi connectivity index (χ3n) is 8.14. The van der Waals surface area contributed by atoms with Crippen LogP contribution in [0.5, 0.6) is 0 Å². The summed E-state index contributed by atoms with van der Waals surface area (Å²) in [6.07, 6.45) is 6.05. The quantitative estimate of drug-likeness (QED) is 0.492. The van der Waals surface area contributed by atoms with Crippen molar-refractivity contribution in [3.05, 3.63) is 52.5 Å². The molecule has 3 aliphatic rings. The maximum absolute atomic E-state index is 14.2. The van der Waals surface area contributed by atoms with E-state index in [9.17, 15) is 14.4 Å². The zero-order valence-electron chi connectivity index (χ0n) is 22.4. The van der Waals surface area contributed by atoms with Crippen LogP contribution in [0, 0.1) is 5.92 Å². The number of piperidine rings is 1. The number of nitrogens with two attached hydrogens (primary N) is 1. The summed E-state index contributed by atoms with van der Waals surface area (Å²) in [7, 11) is 0. The van der Waals surface area contributed by atoms with Crippen LogP contribution in [0.1, 0.15) is 81.6 Å². The molecule has 0 atom stereocenters. The minimum Gasteiger partial charge on any atom is -0.460 e. The summed E-state index contributed by atoms with van der Waals surface area (Å²) in [5.74, 6) is -0.933. The molecule has 1 saturated heterocycles. The number of anilines is 3. The third-order valence-corrected chi connectivity index (χ3v) is 8.45. The standard InChI is InChI=1S/C30H36ClN3O4/c1-29(2,3)38-27(36)19-12-16-33(17-13-19)20-10-11-21-24(18-20)34(28(37)30(21)14-5-4-6-15-30)23-9-7-8-22(31)25(23)26(32)35/h7-11,18-19H,4-6,12-17H2,1-3H3,(H2,32,35). The van der Waals surface area contributed by atoms with Crippen LogP contribution in [-0.2, 0) is 19.7 Å². The Kier molecular flexibility index (Phi) is 6.93. The number of halogens is 1. The molecule has 0 aromatic heterocycles. The van der Waals surface area contributed by atoms with Crippen molar-refractivity contribution in [2.45, 2.75) is 76.7 Å². The van der Waals surface area contributed by atoms with Crippen LogP contribution in [0.3, 0.4) is 0 Å². The minimum absolute atomic E-state index is 0.0160. The summed E-state index contributed by atoms with van der Waals surface area (Å²) >= 11 is 6.40. The molecule has 202 valence electrons. The first-order valence-electron chi connectivity index (χ1n) is 13.6. The van der Waals surface area contributed by atoms with E-state index in [1.165, 1.54) is 0 Å². The predicted octanol–water partition coefficient (Wildman–Crippen LogP) is 5.88. The number of hydrogen-bond acceptors (Lipinski definition) is 5. The number of fused-ring (bicyclic) bond motifs is 2. The number of hydrogen-bond donors (Lipinski definition) is 1. The van der Waals surface area contributed by atoms with Gasteiger partial charge in [-0.1, -0.05) is 43.0 Å². The SMILES string of the molecule is CC(C)(C)OC(=O)C1CCN(c2ccc3c(c2)N(c2cccc(Cl)c2C(N)=O)C(=O)C32CCCCC2)CC1. The number of nitrogens with zero attached hydrogens (tertiary/aromatic N) is 2. The van der Waals surface area contributed by atoms with Crippen molar-refractivity contribution in [3.63, 3.8) is 0 Å². The molecule has 7 nitrogen and oxygen atoms in total. The van der Waals surface area contributed by atoms with E-state index < -0.39 is 16.9 Å². The lowest BCUT2D eigenvalue weighted by Crippen LogP contribution is -2.40. The number of primary amides is 1. The van der Waals surface area contributed by atoms with Crippen molar-refractivity contribution >= 4 is 46.4 Å². The van der Waals surface area contributed by atoms with Crippen LogP contribution >= 0.6 is 11.6 Å². The Balaban J connectivity index is 1.50. The molecule has 1 aliphatic carbocycles. The number of amides is 2. The molecule has 2 aromatic rings. The molecule has 2 fully saturated rings. The van der Waals surface area contributed by atoms with Crippen molar-refractivity contribution in [1.82, 2.24) is 0 Å². The molecule has 2 aromatic carbocycles. The summed E-state index contributed by atoms with van der Waals surface area (Å²) in [6, 6.07) is 11.3. The fourth-order valence-corrected chi connectivity index (χ4v) is 6.59. The molecule has 0 unspecified atom stereocenters. The lowest BCUT2D eigenvalue weighted by molar-refractivity contribution is -0.160. The highest BCUT2D eigenvalue weighted by Gasteiger charge is 2.52. The lowest BCUT2D eigenvalue weighted by Gasteiger charge is -2.34. The second-order valence-corrected chi connectivity index (χ2v) is 12.2. The maximum Gasteiger partial charge on any atom is 0.309 e. The van der Waals surface area contributed by atoms with Crippen LogP contribution in [-0.4, -0.2) is 36.5 Å². The van der Waals surface area contributed by atoms with Gasteiger partial charge in [-0.05, 0) is 76.3 Å².